The lowest BCUT2D eigenvalue weighted by molar-refractivity contribution is 0.0926. The number of thiophene rings is 1. The van der Waals surface area contributed by atoms with Crippen LogP contribution in [-0.2, 0) is 10.0 Å². The van der Waals surface area contributed by atoms with Gasteiger partial charge in [0.2, 0.25) is 10.0 Å². The van der Waals surface area contributed by atoms with Gasteiger partial charge in [-0.2, -0.15) is 0 Å². The van der Waals surface area contributed by atoms with Crippen molar-refractivity contribution in [1.29, 1.82) is 0 Å². The highest BCUT2D eigenvalue weighted by Crippen LogP contribution is 2.27. The Morgan fingerprint density at radius 2 is 1.96 bits per heavy atom. The monoisotopic (exact) mass is 386 g/mol. The molecule has 5 nitrogen and oxygen atoms in total. The van der Waals surface area contributed by atoms with Crippen molar-refractivity contribution in [1.82, 2.24) is 10.0 Å². The molecule has 8 heteroatoms. The Morgan fingerprint density at radius 3 is 2.50 bits per heavy atom. The van der Waals surface area contributed by atoms with Crippen molar-refractivity contribution in [3.63, 3.8) is 0 Å². The largest absolute Gasteiger partial charge is 0.344 e. The molecule has 1 amide bonds. The van der Waals surface area contributed by atoms with E-state index >= 15 is 0 Å². The average molecular weight is 387 g/mol. The molecule has 0 saturated carbocycles. The molecule has 0 bridgehead atoms. The lowest BCUT2D eigenvalue weighted by Gasteiger charge is -2.21. The first-order chi connectivity index (χ1) is 11.3. The molecule has 2 N–H and O–H groups in total. The van der Waals surface area contributed by atoms with Crippen molar-refractivity contribution in [3.8, 4) is 0 Å². The van der Waals surface area contributed by atoms with Gasteiger partial charge in [0, 0.05) is 10.4 Å². The predicted octanol–water partition coefficient (Wildman–Crippen LogP) is 3.44. The molecule has 0 fully saturated rings. The maximum Gasteiger partial charge on any atom is 0.251 e. The maximum atomic E-state index is 12.6. The molecule has 0 spiro atoms. The molecule has 24 heavy (non-hydrogen) atoms. The van der Waals surface area contributed by atoms with Crippen LogP contribution in [0, 0.1) is 5.92 Å². The van der Waals surface area contributed by atoms with Crippen LogP contribution in [-0.4, -0.2) is 21.4 Å². The summed E-state index contributed by atoms with van der Waals surface area (Å²) in [7, 11) is -2.44. The summed E-state index contributed by atoms with van der Waals surface area (Å²) in [6.07, 6.45) is 0. The van der Waals surface area contributed by atoms with Crippen molar-refractivity contribution in [2.45, 2.75) is 24.8 Å². The summed E-state index contributed by atoms with van der Waals surface area (Å²) in [5, 5.41) is 4.99. The van der Waals surface area contributed by atoms with Crippen LogP contribution < -0.4 is 10.0 Å². The second-order valence-electron chi connectivity index (χ2n) is 5.56. The molecule has 2 aromatic rings. The van der Waals surface area contributed by atoms with Gasteiger partial charge >= 0.3 is 0 Å². The van der Waals surface area contributed by atoms with E-state index in [4.69, 9.17) is 11.6 Å². The molecule has 1 atom stereocenters. The quantitative estimate of drug-likeness (QED) is 0.798. The first kappa shape index (κ1) is 18.9. The van der Waals surface area contributed by atoms with Gasteiger partial charge in [-0.05, 0) is 42.6 Å². The molecular weight excluding hydrogens is 368 g/mol. The second kappa shape index (κ2) is 7.65. The van der Waals surface area contributed by atoms with E-state index in [1.165, 1.54) is 25.2 Å². The number of nitrogens with one attached hydrogen (secondary N) is 2. The summed E-state index contributed by atoms with van der Waals surface area (Å²) in [6.45, 7) is 4.03. The van der Waals surface area contributed by atoms with E-state index in [2.05, 4.69) is 10.0 Å². The Bertz CT molecular complexity index is 818. The zero-order valence-corrected chi connectivity index (χ0v) is 15.9. The summed E-state index contributed by atoms with van der Waals surface area (Å²) in [5.41, 5.74) is 0.246. The van der Waals surface area contributed by atoms with Gasteiger partial charge in [-0.25, -0.2) is 13.1 Å². The summed E-state index contributed by atoms with van der Waals surface area (Å²) < 4.78 is 26.2. The Hall–Kier alpha value is -1.41. The van der Waals surface area contributed by atoms with Crippen molar-refractivity contribution in [2.24, 2.45) is 5.92 Å². The van der Waals surface area contributed by atoms with Crippen LogP contribution in [0.3, 0.4) is 0 Å². The second-order valence-corrected chi connectivity index (χ2v) is 8.80. The third-order valence-corrected chi connectivity index (χ3v) is 6.41. The van der Waals surface area contributed by atoms with Crippen LogP contribution >= 0.6 is 22.9 Å². The first-order valence-corrected chi connectivity index (χ1v) is 10.1. The minimum absolute atomic E-state index is 0.0690. The van der Waals surface area contributed by atoms with Gasteiger partial charge in [0.25, 0.3) is 5.91 Å². The normalized spacial score (nSPS) is 13.0. The zero-order chi connectivity index (χ0) is 17.9. The van der Waals surface area contributed by atoms with Gasteiger partial charge in [-0.15, -0.1) is 11.3 Å². The average Bonchev–Trinajstić information content (AvgIpc) is 3.06. The fourth-order valence-electron chi connectivity index (χ4n) is 2.22. The molecule has 0 saturated heterocycles. The van der Waals surface area contributed by atoms with Crippen LogP contribution in [0.4, 0.5) is 0 Å². The Morgan fingerprint density at radius 1 is 1.25 bits per heavy atom. The number of hydrogen-bond donors (Lipinski definition) is 2. The lowest BCUT2D eigenvalue weighted by Crippen LogP contribution is -2.31. The van der Waals surface area contributed by atoms with E-state index in [0.29, 0.717) is 0 Å². The molecular formula is C16H19ClN2O3S2. The topological polar surface area (TPSA) is 75.3 Å². The van der Waals surface area contributed by atoms with Gasteiger partial charge in [0.1, 0.15) is 4.90 Å². The van der Waals surface area contributed by atoms with E-state index in [1.54, 1.807) is 11.3 Å². The van der Waals surface area contributed by atoms with E-state index in [0.717, 1.165) is 4.88 Å². The van der Waals surface area contributed by atoms with Gasteiger partial charge < -0.3 is 5.32 Å². The van der Waals surface area contributed by atoms with E-state index < -0.39 is 10.0 Å². The number of sulfonamides is 1. The van der Waals surface area contributed by atoms with Crippen molar-refractivity contribution in [3.05, 3.63) is 51.2 Å². The van der Waals surface area contributed by atoms with Gasteiger partial charge in [0.05, 0.1) is 11.1 Å². The van der Waals surface area contributed by atoms with Gasteiger partial charge in [-0.1, -0.05) is 31.5 Å². The summed E-state index contributed by atoms with van der Waals surface area (Å²) >= 11 is 7.52. The minimum Gasteiger partial charge on any atom is -0.344 e. The van der Waals surface area contributed by atoms with Crippen molar-refractivity contribution in [2.75, 3.05) is 7.05 Å². The van der Waals surface area contributed by atoms with Crippen LogP contribution in [0.15, 0.2) is 40.6 Å². The molecule has 0 aliphatic carbocycles. The SMILES string of the molecule is CNS(=O)(=O)c1cc(C(=O)N[C@@H](c2cccs2)C(C)C)ccc1Cl. The summed E-state index contributed by atoms with van der Waals surface area (Å²) in [5.74, 6) is -0.147. The molecule has 1 aromatic heterocycles. The van der Waals surface area contributed by atoms with Crippen LogP contribution in [0.5, 0.6) is 0 Å². The highest BCUT2D eigenvalue weighted by atomic mass is 35.5. The number of benzene rings is 1. The molecule has 130 valence electrons. The Balaban J connectivity index is 2.31. The summed E-state index contributed by atoms with van der Waals surface area (Å²) in [6, 6.07) is 7.97. The smallest absolute Gasteiger partial charge is 0.251 e. The molecule has 0 radical (unpaired) electrons. The van der Waals surface area contributed by atoms with Gasteiger partial charge in [-0.3, -0.25) is 4.79 Å². The fourth-order valence-corrected chi connectivity index (χ4v) is 4.42. The molecule has 0 aliphatic heterocycles. The fraction of sp³-hybridized carbons (Fsp3) is 0.312. The number of hydrogen-bond acceptors (Lipinski definition) is 4. The van der Waals surface area contributed by atoms with Gasteiger partial charge in [0.15, 0.2) is 0 Å². The summed E-state index contributed by atoms with van der Waals surface area (Å²) in [4.78, 5) is 13.5. The lowest BCUT2D eigenvalue weighted by atomic mass is 10.0. The third kappa shape index (κ3) is 4.16. The van der Waals surface area contributed by atoms with E-state index in [9.17, 15) is 13.2 Å². The van der Waals surface area contributed by atoms with Crippen LogP contribution in [0.1, 0.15) is 35.1 Å². The Labute approximate surface area is 151 Å². The van der Waals surface area contributed by atoms with Crippen LogP contribution in [0.25, 0.3) is 0 Å². The molecule has 1 aromatic carbocycles. The molecule has 0 aliphatic rings. The predicted molar refractivity (Wildman–Crippen MR) is 97.1 cm³/mol. The Kier molecular flexibility index (Phi) is 6.03. The van der Waals surface area contributed by atoms with Crippen LogP contribution in [0.2, 0.25) is 5.02 Å². The number of halogens is 1. The van der Waals surface area contributed by atoms with Crippen molar-refractivity contribution < 1.29 is 13.2 Å². The molecule has 1 heterocycles. The number of carbonyl (C=O) groups excluding carboxylic acids is 1. The first-order valence-electron chi connectivity index (χ1n) is 7.33. The zero-order valence-electron chi connectivity index (χ0n) is 13.5. The highest BCUT2D eigenvalue weighted by molar-refractivity contribution is 7.89. The maximum absolute atomic E-state index is 12.6. The number of amides is 1. The molecule has 2 rings (SSSR count). The number of carbonyl (C=O) groups is 1. The third-order valence-electron chi connectivity index (χ3n) is 3.55. The van der Waals surface area contributed by atoms with Crippen molar-refractivity contribution >= 4 is 38.9 Å². The minimum atomic E-state index is -3.73. The van der Waals surface area contributed by atoms with E-state index in [-0.39, 0.29) is 33.3 Å². The van der Waals surface area contributed by atoms with E-state index in [1.807, 2.05) is 31.4 Å². The standard InChI is InChI=1S/C16H19ClN2O3S2/c1-10(2)15(13-5-4-8-23-13)19-16(20)11-6-7-12(17)14(9-11)24(21,22)18-3/h4-10,15,18H,1-3H3,(H,19,20)/t15-/m1/s1. The number of rotatable bonds is 6. The highest BCUT2D eigenvalue weighted by Gasteiger charge is 2.22. The molecule has 0 unspecified atom stereocenters.